The van der Waals surface area contributed by atoms with Gasteiger partial charge in [0, 0.05) is 55.8 Å². The van der Waals surface area contributed by atoms with Gasteiger partial charge in [0.1, 0.15) is 5.65 Å². The van der Waals surface area contributed by atoms with E-state index in [2.05, 4.69) is 115 Å². The molecular formula is C40H46N6O2Si. The first-order valence-corrected chi connectivity index (χ1v) is 18.9. The zero-order chi connectivity index (χ0) is 34.4. The maximum absolute atomic E-state index is 7.13. The fraction of sp³-hybridized carbons (Fsp3) is 0.300. The number of hydrogen-bond donors (Lipinski definition) is 1. The summed E-state index contributed by atoms with van der Waals surface area (Å²) in [5.74, 6) is 1.14. The van der Waals surface area contributed by atoms with Crippen molar-refractivity contribution in [1.29, 1.82) is 0 Å². The van der Waals surface area contributed by atoms with Gasteiger partial charge in [-0.3, -0.25) is 4.98 Å². The summed E-state index contributed by atoms with van der Waals surface area (Å²) in [6.45, 7) is 13.2. The van der Waals surface area contributed by atoms with E-state index < -0.39 is 8.32 Å². The molecule has 0 saturated heterocycles. The summed E-state index contributed by atoms with van der Waals surface area (Å²) in [5.41, 5.74) is 5.76. The monoisotopic (exact) mass is 670 g/mol. The molecule has 1 N–H and O–H groups in total. The van der Waals surface area contributed by atoms with Crippen LogP contribution in [0.2, 0.25) is 5.04 Å². The molecule has 0 unspecified atom stereocenters. The normalized spacial score (nSPS) is 12.0. The van der Waals surface area contributed by atoms with E-state index >= 15 is 0 Å². The standard InChI is InChI=1S/C40H46N6O2Si/c1-7-46(24-15-25-48-49(40(3,4)5,32-16-10-8-11-17-32)33-18-12-9-13-19-33)39-43-28-35(38(45-39)47-6)36-22-21-30(29(2)44-36)26-31-27-42-37-34(31)20-14-23-41-37/h8-14,16-23,27-28H,7,15,24-26H2,1-6H3,(H,41,42). The minimum absolute atomic E-state index is 0.0645. The highest BCUT2D eigenvalue weighted by Gasteiger charge is 2.50. The predicted octanol–water partition coefficient (Wildman–Crippen LogP) is 7.12. The summed E-state index contributed by atoms with van der Waals surface area (Å²) in [6, 6.07) is 29.8. The first-order chi connectivity index (χ1) is 23.7. The van der Waals surface area contributed by atoms with E-state index in [1.807, 2.05) is 31.5 Å². The van der Waals surface area contributed by atoms with Crippen LogP contribution in [0, 0.1) is 6.92 Å². The van der Waals surface area contributed by atoms with Gasteiger partial charge in [-0.1, -0.05) is 87.5 Å². The summed E-state index contributed by atoms with van der Waals surface area (Å²) in [4.78, 5) is 24.5. The van der Waals surface area contributed by atoms with Crippen LogP contribution >= 0.6 is 0 Å². The number of anilines is 1. The van der Waals surface area contributed by atoms with Crippen molar-refractivity contribution >= 4 is 35.7 Å². The molecule has 8 nitrogen and oxygen atoms in total. The smallest absolute Gasteiger partial charge is 0.261 e. The Bertz CT molecular complexity index is 1950. The zero-order valence-electron chi connectivity index (χ0n) is 29.4. The lowest BCUT2D eigenvalue weighted by Crippen LogP contribution is -2.66. The van der Waals surface area contributed by atoms with Crippen molar-refractivity contribution in [2.75, 3.05) is 31.7 Å². The van der Waals surface area contributed by atoms with Gasteiger partial charge in [0.25, 0.3) is 8.32 Å². The summed E-state index contributed by atoms with van der Waals surface area (Å²) in [7, 11) is -0.943. The molecule has 0 spiro atoms. The number of fused-ring (bicyclic) bond motifs is 1. The fourth-order valence-electron chi connectivity index (χ4n) is 6.77. The molecule has 9 heteroatoms. The van der Waals surface area contributed by atoms with E-state index in [0.717, 1.165) is 59.5 Å². The molecule has 0 saturated carbocycles. The molecule has 0 atom stereocenters. The zero-order valence-corrected chi connectivity index (χ0v) is 30.4. The van der Waals surface area contributed by atoms with Crippen molar-refractivity contribution in [2.24, 2.45) is 0 Å². The number of ether oxygens (including phenoxy) is 1. The lowest BCUT2D eigenvalue weighted by molar-refractivity contribution is 0.292. The van der Waals surface area contributed by atoms with Crippen molar-refractivity contribution in [3.05, 3.63) is 120 Å². The predicted molar refractivity (Wildman–Crippen MR) is 202 cm³/mol. The van der Waals surface area contributed by atoms with E-state index in [1.165, 1.54) is 15.9 Å². The van der Waals surface area contributed by atoms with Crippen molar-refractivity contribution in [3.8, 4) is 17.1 Å². The Hall–Kier alpha value is -4.86. The molecule has 6 aromatic rings. The number of aryl methyl sites for hydroxylation is 1. The number of nitrogens with zero attached hydrogens (tertiary/aromatic N) is 5. The fourth-order valence-corrected chi connectivity index (χ4v) is 11.4. The number of aromatic amines is 1. The van der Waals surface area contributed by atoms with Crippen LogP contribution in [0.1, 0.15) is 50.9 Å². The molecular weight excluding hydrogens is 625 g/mol. The Morgan fingerprint density at radius 1 is 0.837 bits per heavy atom. The van der Waals surface area contributed by atoms with Crippen molar-refractivity contribution in [2.45, 2.75) is 52.5 Å². The SMILES string of the molecule is CCN(CCCO[Si](c1ccccc1)(c1ccccc1)C(C)(C)C)c1ncc(-c2ccc(Cc3c[nH]c4ncccc34)c(C)n2)c(OC)n1. The van der Waals surface area contributed by atoms with Gasteiger partial charge in [0.05, 0.1) is 18.4 Å². The van der Waals surface area contributed by atoms with E-state index in [9.17, 15) is 0 Å². The first-order valence-electron chi connectivity index (χ1n) is 17.0. The van der Waals surface area contributed by atoms with Gasteiger partial charge in [-0.05, 0) is 65.0 Å². The van der Waals surface area contributed by atoms with Crippen LogP contribution in [0.25, 0.3) is 22.3 Å². The van der Waals surface area contributed by atoms with E-state index in [0.29, 0.717) is 18.4 Å². The second kappa shape index (κ2) is 14.7. The Kier molecular flexibility index (Phi) is 10.2. The van der Waals surface area contributed by atoms with E-state index in [-0.39, 0.29) is 5.04 Å². The van der Waals surface area contributed by atoms with Crippen LogP contribution in [0.15, 0.2) is 104 Å². The van der Waals surface area contributed by atoms with Crippen LogP contribution in [-0.2, 0) is 10.8 Å². The number of benzene rings is 2. The molecule has 4 heterocycles. The number of H-pyrrole nitrogens is 1. The highest BCUT2D eigenvalue weighted by atomic mass is 28.4. The topological polar surface area (TPSA) is 89.1 Å². The highest BCUT2D eigenvalue weighted by molar-refractivity contribution is 6.99. The number of pyridine rings is 2. The lowest BCUT2D eigenvalue weighted by Gasteiger charge is -2.43. The Morgan fingerprint density at radius 3 is 2.18 bits per heavy atom. The summed E-state index contributed by atoms with van der Waals surface area (Å²) in [6.07, 6.45) is 7.26. The molecule has 252 valence electrons. The highest BCUT2D eigenvalue weighted by Crippen LogP contribution is 2.37. The summed E-state index contributed by atoms with van der Waals surface area (Å²) < 4.78 is 12.9. The second-order valence-electron chi connectivity index (χ2n) is 13.4. The largest absolute Gasteiger partial charge is 0.480 e. The molecule has 2 aromatic carbocycles. The Morgan fingerprint density at radius 2 is 1.55 bits per heavy atom. The third-order valence-electron chi connectivity index (χ3n) is 9.30. The van der Waals surface area contributed by atoms with Crippen molar-refractivity contribution in [1.82, 2.24) is 24.9 Å². The average molecular weight is 671 g/mol. The molecule has 0 aliphatic rings. The maximum Gasteiger partial charge on any atom is 0.261 e. The van der Waals surface area contributed by atoms with Gasteiger partial charge < -0.3 is 19.0 Å². The number of aromatic nitrogens is 5. The molecule has 0 aliphatic carbocycles. The third kappa shape index (κ3) is 7.00. The van der Waals surface area contributed by atoms with Gasteiger partial charge in [-0.15, -0.1) is 0 Å². The third-order valence-corrected chi connectivity index (χ3v) is 14.3. The van der Waals surface area contributed by atoms with Gasteiger partial charge in [-0.2, -0.15) is 4.98 Å². The van der Waals surface area contributed by atoms with E-state index in [1.54, 1.807) is 13.3 Å². The Labute approximate surface area is 290 Å². The molecule has 6 rings (SSSR count). The molecule has 4 aromatic heterocycles. The van der Waals surface area contributed by atoms with Crippen LogP contribution in [0.4, 0.5) is 5.95 Å². The minimum Gasteiger partial charge on any atom is -0.480 e. The number of rotatable bonds is 13. The lowest BCUT2D eigenvalue weighted by atomic mass is 10.0. The van der Waals surface area contributed by atoms with E-state index in [4.69, 9.17) is 24.1 Å². The van der Waals surface area contributed by atoms with Crippen molar-refractivity contribution < 1.29 is 9.16 Å². The second-order valence-corrected chi connectivity index (χ2v) is 17.7. The van der Waals surface area contributed by atoms with Crippen molar-refractivity contribution in [3.63, 3.8) is 0 Å². The molecule has 0 bridgehead atoms. The number of nitrogens with one attached hydrogen (secondary N) is 1. The number of methoxy groups -OCH3 is 1. The number of hydrogen-bond acceptors (Lipinski definition) is 7. The molecule has 0 radical (unpaired) electrons. The quantitative estimate of drug-likeness (QED) is 0.103. The van der Waals surface area contributed by atoms with Gasteiger partial charge in [0.15, 0.2) is 0 Å². The van der Waals surface area contributed by atoms with Crippen LogP contribution in [0.3, 0.4) is 0 Å². The van der Waals surface area contributed by atoms with Gasteiger partial charge in [-0.25, -0.2) is 9.97 Å². The molecule has 0 aliphatic heterocycles. The van der Waals surface area contributed by atoms with Crippen LogP contribution in [-0.4, -0.2) is 60.0 Å². The molecule has 49 heavy (non-hydrogen) atoms. The van der Waals surface area contributed by atoms with Crippen LogP contribution < -0.4 is 20.0 Å². The van der Waals surface area contributed by atoms with Gasteiger partial charge in [0.2, 0.25) is 11.8 Å². The van der Waals surface area contributed by atoms with Gasteiger partial charge >= 0.3 is 0 Å². The average Bonchev–Trinajstić information content (AvgIpc) is 3.53. The molecule has 0 fully saturated rings. The Balaban J connectivity index is 1.17. The summed E-state index contributed by atoms with van der Waals surface area (Å²) >= 11 is 0. The molecule has 0 amide bonds. The first kappa shape index (κ1) is 34.0. The minimum atomic E-state index is -2.59. The summed E-state index contributed by atoms with van der Waals surface area (Å²) in [5, 5.41) is 3.64. The van der Waals surface area contributed by atoms with Crippen LogP contribution in [0.5, 0.6) is 5.88 Å². The maximum atomic E-state index is 7.13.